The fourth-order valence-corrected chi connectivity index (χ4v) is 1.70. The molecule has 0 radical (unpaired) electrons. The predicted octanol–water partition coefficient (Wildman–Crippen LogP) is 2.38. The van der Waals surface area contributed by atoms with Gasteiger partial charge in [-0.1, -0.05) is 24.6 Å². The van der Waals surface area contributed by atoms with Gasteiger partial charge in [-0.2, -0.15) is 0 Å². The van der Waals surface area contributed by atoms with Crippen molar-refractivity contribution in [3.05, 3.63) is 34.6 Å². The molecule has 0 saturated carbocycles. The van der Waals surface area contributed by atoms with Gasteiger partial charge in [-0.25, -0.2) is 4.39 Å². The summed E-state index contributed by atoms with van der Waals surface area (Å²) in [6.07, 6.45) is 0.981. The quantitative estimate of drug-likeness (QED) is 0.755. The summed E-state index contributed by atoms with van der Waals surface area (Å²) in [5, 5.41) is 13.2. The Bertz CT molecular complexity index is 333. The van der Waals surface area contributed by atoms with Gasteiger partial charge in [0.15, 0.2) is 0 Å². The number of aliphatic hydroxyl groups is 1. The van der Waals surface area contributed by atoms with E-state index in [0.717, 1.165) is 18.5 Å². The van der Waals surface area contributed by atoms with E-state index >= 15 is 0 Å². The summed E-state index contributed by atoms with van der Waals surface area (Å²) in [6, 6.07) is 4.23. The first-order valence-corrected chi connectivity index (χ1v) is 5.84. The number of halogens is 2. The summed E-state index contributed by atoms with van der Waals surface area (Å²) in [6.45, 7) is 3.48. The second kappa shape index (κ2) is 6.84. The Hall–Kier alpha value is -0.640. The molecule has 90 valence electrons. The van der Waals surface area contributed by atoms with Gasteiger partial charge in [0.1, 0.15) is 5.82 Å². The molecule has 0 aliphatic heterocycles. The topological polar surface area (TPSA) is 32.3 Å². The van der Waals surface area contributed by atoms with E-state index in [1.165, 1.54) is 12.1 Å². The Kier molecular flexibility index (Phi) is 5.74. The Balaban J connectivity index is 2.46. The Morgan fingerprint density at radius 1 is 1.50 bits per heavy atom. The first-order chi connectivity index (χ1) is 7.63. The highest BCUT2D eigenvalue weighted by molar-refractivity contribution is 6.31. The van der Waals surface area contributed by atoms with Crippen LogP contribution in [0.25, 0.3) is 0 Å². The number of rotatable bonds is 6. The molecule has 0 bridgehead atoms. The molecule has 4 heteroatoms. The van der Waals surface area contributed by atoms with Crippen LogP contribution in [0.3, 0.4) is 0 Å². The molecule has 1 aromatic carbocycles. The fraction of sp³-hybridized carbons (Fsp3) is 0.500. The molecule has 0 fully saturated rings. The average Bonchev–Trinajstić information content (AvgIpc) is 2.23. The van der Waals surface area contributed by atoms with Gasteiger partial charge in [-0.05, 0) is 30.7 Å². The molecule has 0 heterocycles. The molecule has 0 aliphatic rings. The van der Waals surface area contributed by atoms with Crippen molar-refractivity contribution in [3.63, 3.8) is 0 Å². The van der Waals surface area contributed by atoms with Gasteiger partial charge in [-0.15, -0.1) is 0 Å². The van der Waals surface area contributed by atoms with Gasteiger partial charge < -0.3 is 10.4 Å². The van der Waals surface area contributed by atoms with E-state index < -0.39 is 6.10 Å². The molecule has 1 atom stereocenters. The lowest BCUT2D eigenvalue weighted by Crippen LogP contribution is -2.28. The molecule has 0 amide bonds. The third-order valence-corrected chi connectivity index (χ3v) is 2.63. The van der Waals surface area contributed by atoms with Crippen LogP contribution < -0.4 is 5.32 Å². The van der Waals surface area contributed by atoms with Gasteiger partial charge in [0.05, 0.1) is 6.10 Å². The van der Waals surface area contributed by atoms with Crippen LogP contribution in [-0.4, -0.2) is 24.3 Å². The van der Waals surface area contributed by atoms with Crippen molar-refractivity contribution in [2.45, 2.75) is 25.9 Å². The summed E-state index contributed by atoms with van der Waals surface area (Å²) in [4.78, 5) is 0. The first kappa shape index (κ1) is 13.4. The van der Waals surface area contributed by atoms with E-state index in [4.69, 9.17) is 11.6 Å². The SMILES string of the molecule is CCCNCC(O)Cc1ccc(F)cc1Cl. The maximum Gasteiger partial charge on any atom is 0.124 e. The summed E-state index contributed by atoms with van der Waals surface area (Å²) in [5.41, 5.74) is 0.772. The zero-order valence-corrected chi connectivity index (χ0v) is 10.1. The van der Waals surface area contributed by atoms with Gasteiger partial charge in [0.25, 0.3) is 0 Å². The minimum absolute atomic E-state index is 0.354. The van der Waals surface area contributed by atoms with Crippen LogP contribution in [0.1, 0.15) is 18.9 Å². The minimum atomic E-state index is -0.491. The normalized spacial score (nSPS) is 12.8. The average molecular weight is 246 g/mol. The lowest BCUT2D eigenvalue weighted by molar-refractivity contribution is 0.172. The second-order valence-corrected chi connectivity index (χ2v) is 4.21. The third kappa shape index (κ3) is 4.47. The van der Waals surface area contributed by atoms with Crippen LogP contribution >= 0.6 is 11.6 Å². The van der Waals surface area contributed by atoms with Crippen molar-refractivity contribution in [1.82, 2.24) is 5.32 Å². The largest absolute Gasteiger partial charge is 0.391 e. The maximum atomic E-state index is 12.8. The molecule has 1 aromatic rings. The maximum absolute atomic E-state index is 12.8. The second-order valence-electron chi connectivity index (χ2n) is 3.80. The molecule has 1 rings (SSSR count). The summed E-state index contributed by atoms with van der Waals surface area (Å²) >= 11 is 5.86. The Morgan fingerprint density at radius 3 is 2.88 bits per heavy atom. The molecule has 0 saturated heterocycles. The number of nitrogens with one attached hydrogen (secondary N) is 1. The van der Waals surface area contributed by atoms with E-state index in [2.05, 4.69) is 12.2 Å². The monoisotopic (exact) mass is 245 g/mol. The van der Waals surface area contributed by atoms with Crippen molar-refractivity contribution < 1.29 is 9.50 Å². The molecular weight excluding hydrogens is 229 g/mol. The van der Waals surface area contributed by atoms with Gasteiger partial charge in [0, 0.05) is 18.0 Å². The lowest BCUT2D eigenvalue weighted by Gasteiger charge is -2.12. The molecule has 0 aliphatic carbocycles. The highest BCUT2D eigenvalue weighted by Crippen LogP contribution is 2.18. The van der Waals surface area contributed by atoms with Crippen molar-refractivity contribution in [3.8, 4) is 0 Å². The summed E-state index contributed by atoms with van der Waals surface area (Å²) in [5.74, 6) is -0.354. The molecule has 2 nitrogen and oxygen atoms in total. The summed E-state index contributed by atoms with van der Waals surface area (Å²) in [7, 11) is 0. The number of hydrogen-bond donors (Lipinski definition) is 2. The van der Waals surface area contributed by atoms with Crippen molar-refractivity contribution in [2.75, 3.05) is 13.1 Å². The van der Waals surface area contributed by atoms with Crippen molar-refractivity contribution >= 4 is 11.6 Å². The van der Waals surface area contributed by atoms with Gasteiger partial charge >= 0.3 is 0 Å². The van der Waals surface area contributed by atoms with E-state index in [0.29, 0.717) is 18.0 Å². The third-order valence-electron chi connectivity index (χ3n) is 2.28. The van der Waals surface area contributed by atoms with Crippen molar-refractivity contribution in [1.29, 1.82) is 0 Å². The number of aliphatic hydroxyl groups excluding tert-OH is 1. The van der Waals surface area contributed by atoms with Crippen LogP contribution in [0, 0.1) is 5.82 Å². The van der Waals surface area contributed by atoms with Gasteiger partial charge in [-0.3, -0.25) is 0 Å². The molecule has 1 unspecified atom stereocenters. The van der Waals surface area contributed by atoms with Crippen LogP contribution in [0.5, 0.6) is 0 Å². The number of benzene rings is 1. The van der Waals surface area contributed by atoms with E-state index in [9.17, 15) is 9.50 Å². The number of hydrogen-bond acceptors (Lipinski definition) is 2. The van der Waals surface area contributed by atoms with E-state index in [1.54, 1.807) is 6.07 Å². The zero-order valence-electron chi connectivity index (χ0n) is 9.34. The molecule has 0 spiro atoms. The highest BCUT2D eigenvalue weighted by Gasteiger charge is 2.08. The Labute approximate surface area is 100 Å². The Morgan fingerprint density at radius 2 is 2.25 bits per heavy atom. The van der Waals surface area contributed by atoms with Crippen LogP contribution in [0.2, 0.25) is 5.02 Å². The predicted molar refractivity (Wildman–Crippen MR) is 64.3 cm³/mol. The molecule has 0 aromatic heterocycles. The van der Waals surface area contributed by atoms with Crippen LogP contribution in [0.4, 0.5) is 4.39 Å². The van der Waals surface area contributed by atoms with Crippen LogP contribution in [0.15, 0.2) is 18.2 Å². The molecule has 2 N–H and O–H groups in total. The molecule has 16 heavy (non-hydrogen) atoms. The van der Waals surface area contributed by atoms with Gasteiger partial charge in [0.2, 0.25) is 0 Å². The van der Waals surface area contributed by atoms with Crippen molar-refractivity contribution in [2.24, 2.45) is 0 Å². The molecular formula is C12H17ClFNO. The zero-order chi connectivity index (χ0) is 12.0. The fourth-order valence-electron chi connectivity index (χ4n) is 1.46. The smallest absolute Gasteiger partial charge is 0.124 e. The highest BCUT2D eigenvalue weighted by atomic mass is 35.5. The summed E-state index contributed by atoms with van der Waals surface area (Å²) < 4.78 is 12.8. The minimum Gasteiger partial charge on any atom is -0.391 e. The van der Waals surface area contributed by atoms with E-state index in [1.807, 2.05) is 0 Å². The standard InChI is InChI=1S/C12H17ClFNO/c1-2-5-15-8-11(16)6-9-3-4-10(14)7-12(9)13/h3-4,7,11,15-16H,2,5-6,8H2,1H3. The van der Waals surface area contributed by atoms with E-state index in [-0.39, 0.29) is 5.82 Å². The first-order valence-electron chi connectivity index (χ1n) is 5.46. The van der Waals surface area contributed by atoms with Crippen LogP contribution in [-0.2, 0) is 6.42 Å². The lowest BCUT2D eigenvalue weighted by atomic mass is 10.1.